The molecule has 1 heterocycles. The van der Waals surface area contributed by atoms with Crippen LogP contribution in [0.5, 0.6) is 0 Å². The number of imidazole rings is 1. The van der Waals surface area contributed by atoms with Gasteiger partial charge in [-0.2, -0.15) is 5.26 Å². The summed E-state index contributed by atoms with van der Waals surface area (Å²) >= 11 is 0. The molecule has 0 aliphatic rings. The molecule has 0 aliphatic heterocycles. The van der Waals surface area contributed by atoms with Gasteiger partial charge in [-0.15, -0.1) is 0 Å². The highest BCUT2D eigenvalue weighted by molar-refractivity contribution is 5.75. The summed E-state index contributed by atoms with van der Waals surface area (Å²) in [4.78, 5) is 15.4. The monoisotopic (exact) mass is 221 g/mol. The average molecular weight is 221 g/mol. The Hall–Kier alpha value is -1.87. The maximum absolute atomic E-state index is 11.3. The fourth-order valence-electron chi connectivity index (χ4n) is 1.20. The maximum Gasteiger partial charge on any atom is 0.240 e. The normalized spacial score (nSPS) is 9.75. The van der Waals surface area contributed by atoms with Gasteiger partial charge in [-0.3, -0.25) is 4.79 Å². The van der Waals surface area contributed by atoms with Gasteiger partial charge in [0.1, 0.15) is 13.1 Å². The second-order valence-electron chi connectivity index (χ2n) is 3.25. The Morgan fingerprint density at radius 2 is 2.50 bits per heavy atom. The molecule has 1 aromatic heterocycles. The molecule has 0 bridgehead atoms. The molecule has 6 heteroatoms. The van der Waals surface area contributed by atoms with E-state index >= 15 is 0 Å². The van der Waals surface area contributed by atoms with Crippen LogP contribution in [0.3, 0.4) is 0 Å². The molecule has 86 valence electrons. The lowest BCUT2D eigenvalue weighted by Crippen LogP contribution is -2.27. The van der Waals surface area contributed by atoms with Crippen LogP contribution in [0.25, 0.3) is 0 Å². The van der Waals surface area contributed by atoms with Gasteiger partial charge in [-0.25, -0.2) is 4.98 Å². The third-order valence-corrected chi connectivity index (χ3v) is 1.93. The molecule has 0 atom stereocenters. The lowest BCUT2D eigenvalue weighted by atomic mass is 10.4. The van der Waals surface area contributed by atoms with Crippen LogP contribution < -0.4 is 10.6 Å². The van der Waals surface area contributed by atoms with Crippen LogP contribution >= 0.6 is 0 Å². The van der Waals surface area contributed by atoms with Crippen LogP contribution in [0.1, 0.15) is 12.6 Å². The zero-order chi connectivity index (χ0) is 11.8. The van der Waals surface area contributed by atoms with E-state index in [2.05, 4.69) is 15.6 Å². The van der Waals surface area contributed by atoms with E-state index in [1.165, 1.54) is 0 Å². The zero-order valence-corrected chi connectivity index (χ0v) is 9.23. The molecular weight excluding hydrogens is 206 g/mol. The second-order valence-corrected chi connectivity index (χ2v) is 3.25. The Kier molecular flexibility index (Phi) is 5.02. The average Bonchev–Trinajstić information content (AvgIpc) is 2.71. The first-order valence-electron chi connectivity index (χ1n) is 5.11. The molecule has 2 N–H and O–H groups in total. The Balaban J connectivity index is 2.39. The highest BCUT2D eigenvalue weighted by Crippen LogP contribution is 1.95. The van der Waals surface area contributed by atoms with Gasteiger partial charge in [0.2, 0.25) is 5.91 Å². The Morgan fingerprint density at radius 3 is 3.19 bits per heavy atom. The minimum atomic E-state index is -0.186. The molecule has 6 nitrogen and oxygen atoms in total. The van der Waals surface area contributed by atoms with Crippen molar-refractivity contribution < 1.29 is 4.79 Å². The largest absolute Gasteiger partial charge is 0.341 e. The quantitative estimate of drug-likeness (QED) is 0.642. The fraction of sp³-hybridized carbons (Fsp3) is 0.500. The summed E-state index contributed by atoms with van der Waals surface area (Å²) in [6.45, 7) is 3.84. The summed E-state index contributed by atoms with van der Waals surface area (Å²) in [6.07, 6.45) is 3.42. The molecule has 0 fully saturated rings. The summed E-state index contributed by atoms with van der Waals surface area (Å²) in [5.41, 5.74) is 0.898. The standard InChI is InChI=1S/C10H15N5O/c1-2-12-5-9-6-15(8-14-9)7-10(16)13-4-3-11/h6,8,12H,2,4-5,7H2,1H3,(H,13,16). The number of rotatable bonds is 6. The predicted molar refractivity (Wildman–Crippen MR) is 58.2 cm³/mol. The number of nitriles is 1. The summed E-state index contributed by atoms with van der Waals surface area (Å²) in [6, 6.07) is 1.85. The first-order valence-corrected chi connectivity index (χ1v) is 5.11. The summed E-state index contributed by atoms with van der Waals surface area (Å²) < 4.78 is 1.69. The van der Waals surface area contributed by atoms with Crippen molar-refractivity contribution >= 4 is 5.91 Å². The van der Waals surface area contributed by atoms with Crippen molar-refractivity contribution in [3.8, 4) is 6.07 Å². The zero-order valence-electron chi connectivity index (χ0n) is 9.23. The van der Waals surface area contributed by atoms with E-state index in [-0.39, 0.29) is 19.0 Å². The highest BCUT2D eigenvalue weighted by Gasteiger charge is 2.03. The molecule has 0 spiro atoms. The van der Waals surface area contributed by atoms with E-state index in [4.69, 9.17) is 5.26 Å². The van der Waals surface area contributed by atoms with Crippen molar-refractivity contribution in [1.82, 2.24) is 20.2 Å². The van der Waals surface area contributed by atoms with Gasteiger partial charge in [0.25, 0.3) is 0 Å². The highest BCUT2D eigenvalue weighted by atomic mass is 16.1. The van der Waals surface area contributed by atoms with Crippen molar-refractivity contribution in [2.75, 3.05) is 13.1 Å². The van der Waals surface area contributed by atoms with Crippen LogP contribution in [0.15, 0.2) is 12.5 Å². The minimum Gasteiger partial charge on any atom is -0.341 e. The predicted octanol–water partition coefficient (Wildman–Crippen LogP) is -0.368. The minimum absolute atomic E-state index is 0.0395. The van der Waals surface area contributed by atoms with Crippen molar-refractivity contribution in [3.05, 3.63) is 18.2 Å². The van der Waals surface area contributed by atoms with E-state index in [0.717, 1.165) is 12.2 Å². The van der Waals surface area contributed by atoms with Crippen molar-refractivity contribution in [1.29, 1.82) is 5.26 Å². The van der Waals surface area contributed by atoms with E-state index in [1.54, 1.807) is 10.9 Å². The van der Waals surface area contributed by atoms with Gasteiger partial charge in [0.15, 0.2) is 0 Å². The summed E-state index contributed by atoms with van der Waals surface area (Å²) in [7, 11) is 0. The first-order chi connectivity index (χ1) is 7.76. The number of carbonyl (C=O) groups is 1. The van der Waals surface area contributed by atoms with Gasteiger partial charge < -0.3 is 15.2 Å². The third kappa shape index (κ3) is 4.11. The first kappa shape index (κ1) is 12.2. The second kappa shape index (κ2) is 6.58. The van der Waals surface area contributed by atoms with E-state index in [0.29, 0.717) is 6.54 Å². The number of nitrogens with zero attached hydrogens (tertiary/aromatic N) is 3. The van der Waals surface area contributed by atoms with Crippen molar-refractivity contribution in [2.24, 2.45) is 0 Å². The molecule has 0 aromatic carbocycles. The van der Waals surface area contributed by atoms with Crippen LogP contribution in [-0.2, 0) is 17.9 Å². The Bertz CT molecular complexity index is 379. The third-order valence-electron chi connectivity index (χ3n) is 1.93. The van der Waals surface area contributed by atoms with Crippen LogP contribution in [0, 0.1) is 11.3 Å². The molecule has 0 unspecified atom stereocenters. The molecule has 1 rings (SSSR count). The van der Waals surface area contributed by atoms with Crippen molar-refractivity contribution in [3.63, 3.8) is 0 Å². The molecule has 1 aromatic rings. The van der Waals surface area contributed by atoms with Gasteiger partial charge in [0, 0.05) is 12.7 Å². The lowest BCUT2D eigenvalue weighted by molar-refractivity contribution is -0.121. The Labute approximate surface area is 94.3 Å². The number of hydrogen-bond acceptors (Lipinski definition) is 4. The van der Waals surface area contributed by atoms with E-state index < -0.39 is 0 Å². The molecule has 0 aliphatic carbocycles. The number of nitrogens with one attached hydrogen (secondary N) is 2. The number of carbonyl (C=O) groups excluding carboxylic acids is 1. The molecular formula is C10H15N5O. The Morgan fingerprint density at radius 1 is 1.69 bits per heavy atom. The maximum atomic E-state index is 11.3. The van der Waals surface area contributed by atoms with E-state index in [1.807, 2.05) is 19.2 Å². The SMILES string of the molecule is CCNCc1cn(CC(=O)NCC#N)cn1. The van der Waals surface area contributed by atoms with Gasteiger partial charge in [-0.05, 0) is 6.54 Å². The topological polar surface area (TPSA) is 82.7 Å². The smallest absolute Gasteiger partial charge is 0.240 e. The van der Waals surface area contributed by atoms with Gasteiger partial charge >= 0.3 is 0 Å². The summed E-state index contributed by atoms with van der Waals surface area (Å²) in [5, 5.41) is 13.9. The van der Waals surface area contributed by atoms with E-state index in [9.17, 15) is 4.79 Å². The van der Waals surface area contributed by atoms with Crippen molar-refractivity contribution in [2.45, 2.75) is 20.0 Å². The molecule has 1 amide bonds. The molecule has 0 saturated carbocycles. The number of amides is 1. The van der Waals surface area contributed by atoms with Crippen LogP contribution in [-0.4, -0.2) is 28.5 Å². The van der Waals surface area contributed by atoms with Gasteiger partial charge in [-0.1, -0.05) is 6.92 Å². The lowest BCUT2D eigenvalue weighted by Gasteiger charge is -2.01. The molecule has 16 heavy (non-hydrogen) atoms. The van der Waals surface area contributed by atoms with Crippen LogP contribution in [0.2, 0.25) is 0 Å². The van der Waals surface area contributed by atoms with Gasteiger partial charge in [0.05, 0.1) is 18.1 Å². The van der Waals surface area contributed by atoms with Crippen LogP contribution in [0.4, 0.5) is 0 Å². The molecule has 0 saturated heterocycles. The number of aromatic nitrogens is 2. The summed E-state index contributed by atoms with van der Waals surface area (Å²) in [5.74, 6) is -0.186. The number of hydrogen-bond donors (Lipinski definition) is 2. The fourth-order valence-corrected chi connectivity index (χ4v) is 1.20. The molecule has 0 radical (unpaired) electrons.